The van der Waals surface area contributed by atoms with Crippen molar-refractivity contribution in [2.24, 2.45) is 18.9 Å². The molecule has 166 valence electrons. The molecular weight excluding hydrogens is 422 g/mol. The Morgan fingerprint density at radius 2 is 1.63 bits per heavy atom. The van der Waals surface area contributed by atoms with Crippen LogP contribution in [0.3, 0.4) is 0 Å². The van der Waals surface area contributed by atoms with E-state index < -0.39 is 10.0 Å². The van der Waals surface area contributed by atoms with E-state index in [0.717, 1.165) is 5.69 Å². The van der Waals surface area contributed by atoms with Gasteiger partial charge in [-0.05, 0) is 48.2 Å². The second-order valence-electron chi connectivity index (χ2n) is 8.42. The molecule has 1 aromatic carbocycles. The topological polar surface area (TPSA) is 62.6 Å². The van der Waals surface area contributed by atoms with Gasteiger partial charge in [0.1, 0.15) is 0 Å². The third-order valence-corrected chi connectivity index (χ3v) is 6.75. The summed E-state index contributed by atoms with van der Waals surface area (Å²) in [7, 11) is -1.88. The summed E-state index contributed by atoms with van der Waals surface area (Å²) in [5.41, 5.74) is 1.000. The Morgan fingerprint density at radius 1 is 1.03 bits per heavy atom. The van der Waals surface area contributed by atoms with Gasteiger partial charge in [0.15, 0.2) is 0 Å². The molecule has 0 unspecified atom stereocenters. The Bertz CT molecular complexity index is 937. The van der Waals surface area contributed by atoms with E-state index in [9.17, 15) is 13.2 Å². The number of halogens is 1. The third kappa shape index (κ3) is 6.59. The van der Waals surface area contributed by atoms with Gasteiger partial charge in [-0.1, -0.05) is 39.3 Å². The van der Waals surface area contributed by atoms with E-state index in [1.807, 2.05) is 57.6 Å². The van der Waals surface area contributed by atoms with E-state index in [-0.39, 0.29) is 35.7 Å². The first-order valence-electron chi connectivity index (χ1n) is 10.1. The molecule has 2 aromatic rings. The molecule has 1 heterocycles. The van der Waals surface area contributed by atoms with Crippen LogP contribution in [0.15, 0.2) is 47.5 Å². The minimum Gasteiger partial charge on any atom is -0.353 e. The van der Waals surface area contributed by atoms with Crippen molar-refractivity contribution in [2.75, 3.05) is 19.6 Å². The first-order chi connectivity index (χ1) is 14.0. The fourth-order valence-corrected chi connectivity index (χ4v) is 4.89. The number of rotatable bonds is 10. The Kier molecular flexibility index (Phi) is 8.52. The second kappa shape index (κ2) is 10.5. The van der Waals surface area contributed by atoms with Crippen molar-refractivity contribution in [3.05, 3.63) is 53.3 Å². The quantitative estimate of drug-likeness (QED) is 0.546. The lowest BCUT2D eigenvalue weighted by atomic mass is 10.2. The maximum absolute atomic E-state index is 13.2. The van der Waals surface area contributed by atoms with Crippen molar-refractivity contribution in [3.63, 3.8) is 0 Å². The zero-order chi connectivity index (χ0) is 22.5. The maximum atomic E-state index is 13.2. The predicted molar refractivity (Wildman–Crippen MR) is 121 cm³/mol. The van der Waals surface area contributed by atoms with Crippen molar-refractivity contribution < 1.29 is 13.2 Å². The van der Waals surface area contributed by atoms with Crippen LogP contribution in [0.25, 0.3) is 0 Å². The van der Waals surface area contributed by atoms with Crippen molar-refractivity contribution in [2.45, 2.75) is 39.1 Å². The van der Waals surface area contributed by atoms with Gasteiger partial charge >= 0.3 is 0 Å². The number of amides is 1. The first kappa shape index (κ1) is 24.4. The minimum absolute atomic E-state index is 0.0753. The second-order valence-corrected chi connectivity index (χ2v) is 10.8. The molecule has 2 rings (SSSR count). The number of sulfonamides is 1. The van der Waals surface area contributed by atoms with Gasteiger partial charge in [0.2, 0.25) is 15.9 Å². The van der Waals surface area contributed by atoms with E-state index in [1.165, 1.54) is 16.4 Å². The summed E-state index contributed by atoms with van der Waals surface area (Å²) < 4.78 is 29.7. The smallest absolute Gasteiger partial charge is 0.243 e. The van der Waals surface area contributed by atoms with Crippen molar-refractivity contribution in [1.82, 2.24) is 13.8 Å². The van der Waals surface area contributed by atoms with Crippen LogP contribution >= 0.6 is 11.6 Å². The van der Waals surface area contributed by atoms with E-state index in [2.05, 4.69) is 0 Å². The van der Waals surface area contributed by atoms with Crippen LogP contribution in [-0.4, -0.2) is 47.7 Å². The molecule has 0 saturated carbocycles. The Morgan fingerprint density at radius 3 is 2.13 bits per heavy atom. The average molecular weight is 454 g/mol. The van der Waals surface area contributed by atoms with Gasteiger partial charge in [-0.15, -0.1) is 0 Å². The molecule has 8 heteroatoms. The lowest BCUT2D eigenvalue weighted by Crippen LogP contribution is -2.45. The number of aryl methyl sites for hydroxylation is 1. The summed E-state index contributed by atoms with van der Waals surface area (Å²) in [6.07, 6.45) is 1.93. The molecule has 6 nitrogen and oxygen atoms in total. The third-order valence-electron chi connectivity index (χ3n) is 4.67. The summed E-state index contributed by atoms with van der Waals surface area (Å²) in [6.45, 7) is 9.02. The fraction of sp³-hybridized carbons (Fsp3) is 0.500. The lowest BCUT2D eigenvalue weighted by molar-refractivity contribution is -0.132. The van der Waals surface area contributed by atoms with E-state index in [1.54, 1.807) is 17.0 Å². The van der Waals surface area contributed by atoms with Crippen molar-refractivity contribution in [3.8, 4) is 0 Å². The summed E-state index contributed by atoms with van der Waals surface area (Å²) >= 11 is 5.91. The molecule has 0 atom stereocenters. The van der Waals surface area contributed by atoms with Crippen LogP contribution in [0.2, 0.25) is 5.02 Å². The van der Waals surface area contributed by atoms with Crippen LogP contribution < -0.4 is 0 Å². The number of hydrogen-bond acceptors (Lipinski definition) is 3. The van der Waals surface area contributed by atoms with Crippen LogP contribution in [0, 0.1) is 11.8 Å². The standard InChI is InChI=1S/C22H32ClN3O3S/c1-17(2)13-25(15-20-7-6-12-24(20)5)22(27)16-26(14-18(3)4)30(28,29)21-10-8-19(23)9-11-21/h6-12,17-18H,13-16H2,1-5H3. The highest BCUT2D eigenvalue weighted by Gasteiger charge is 2.29. The number of hydrogen-bond donors (Lipinski definition) is 0. The van der Waals surface area contributed by atoms with Gasteiger partial charge in [0.05, 0.1) is 18.0 Å². The van der Waals surface area contributed by atoms with E-state index in [0.29, 0.717) is 18.1 Å². The first-order valence-corrected chi connectivity index (χ1v) is 12.0. The summed E-state index contributed by atoms with van der Waals surface area (Å²) in [6, 6.07) is 9.95. The monoisotopic (exact) mass is 453 g/mol. The van der Waals surface area contributed by atoms with Crippen molar-refractivity contribution in [1.29, 1.82) is 0 Å². The van der Waals surface area contributed by atoms with Crippen LogP contribution in [0.5, 0.6) is 0 Å². The molecular formula is C22H32ClN3O3S. The molecule has 0 N–H and O–H groups in total. The molecule has 0 aliphatic carbocycles. The fourth-order valence-electron chi connectivity index (χ4n) is 3.21. The SMILES string of the molecule is CC(C)CN(Cc1cccn1C)C(=O)CN(CC(C)C)S(=O)(=O)c1ccc(Cl)cc1. The Labute approximate surface area is 185 Å². The molecule has 0 spiro atoms. The van der Waals surface area contributed by atoms with E-state index in [4.69, 9.17) is 11.6 Å². The van der Waals surface area contributed by atoms with Gasteiger partial charge in [0.25, 0.3) is 0 Å². The highest BCUT2D eigenvalue weighted by atomic mass is 35.5. The number of nitrogens with zero attached hydrogens (tertiary/aromatic N) is 3. The van der Waals surface area contributed by atoms with Crippen LogP contribution in [0.1, 0.15) is 33.4 Å². The van der Waals surface area contributed by atoms with Crippen molar-refractivity contribution >= 4 is 27.5 Å². The number of carbonyl (C=O) groups excluding carboxylic acids is 1. The molecule has 0 radical (unpaired) electrons. The molecule has 1 aromatic heterocycles. The highest BCUT2D eigenvalue weighted by molar-refractivity contribution is 7.89. The average Bonchev–Trinajstić information content (AvgIpc) is 3.05. The molecule has 1 amide bonds. The van der Waals surface area contributed by atoms with Gasteiger partial charge in [-0.25, -0.2) is 8.42 Å². The molecule has 0 saturated heterocycles. The minimum atomic E-state index is -3.82. The molecule has 0 fully saturated rings. The van der Waals surface area contributed by atoms with E-state index >= 15 is 0 Å². The van der Waals surface area contributed by atoms with Gasteiger partial charge in [-0.3, -0.25) is 4.79 Å². The highest BCUT2D eigenvalue weighted by Crippen LogP contribution is 2.20. The summed E-state index contributed by atoms with van der Waals surface area (Å²) in [5, 5.41) is 0.464. The zero-order valence-corrected chi connectivity index (χ0v) is 19.9. The maximum Gasteiger partial charge on any atom is 0.243 e. The van der Waals surface area contributed by atoms with Crippen LogP contribution in [-0.2, 0) is 28.4 Å². The normalized spacial score (nSPS) is 12.2. The molecule has 0 bridgehead atoms. The number of carbonyl (C=O) groups is 1. The molecule has 0 aliphatic rings. The van der Waals surface area contributed by atoms with Crippen LogP contribution in [0.4, 0.5) is 0 Å². The summed E-state index contributed by atoms with van der Waals surface area (Å²) in [5.74, 6) is 0.134. The predicted octanol–water partition coefficient (Wildman–Crippen LogP) is 4.01. The lowest BCUT2D eigenvalue weighted by Gasteiger charge is -2.29. The number of benzene rings is 1. The summed E-state index contributed by atoms with van der Waals surface area (Å²) in [4.78, 5) is 15.1. The largest absolute Gasteiger partial charge is 0.353 e. The molecule has 30 heavy (non-hydrogen) atoms. The van der Waals surface area contributed by atoms with Gasteiger partial charge < -0.3 is 9.47 Å². The molecule has 0 aliphatic heterocycles. The van der Waals surface area contributed by atoms with Gasteiger partial charge in [-0.2, -0.15) is 4.31 Å². The zero-order valence-electron chi connectivity index (χ0n) is 18.4. The Balaban J connectivity index is 2.28. The number of aromatic nitrogens is 1. The Hall–Kier alpha value is -1.83. The van der Waals surface area contributed by atoms with Gasteiger partial charge in [0, 0.05) is 37.1 Å².